The Balaban J connectivity index is 1.40. The van der Waals surface area contributed by atoms with Gasteiger partial charge in [-0.2, -0.15) is 5.10 Å². The van der Waals surface area contributed by atoms with Crippen molar-refractivity contribution in [3.8, 4) is 0 Å². The molecule has 0 saturated carbocycles. The van der Waals surface area contributed by atoms with E-state index in [4.69, 9.17) is 16.7 Å². The highest BCUT2D eigenvalue weighted by molar-refractivity contribution is 6.30. The molecule has 6 nitrogen and oxygen atoms in total. The Hall–Kier alpha value is -3.64. The number of carboxylic acid groups (broad SMARTS) is 1. The molecular weight excluding hydrogens is 402 g/mol. The van der Waals surface area contributed by atoms with E-state index in [9.17, 15) is 9.59 Å². The molecule has 0 aromatic heterocycles. The molecule has 0 unspecified atom stereocenters. The fourth-order valence-corrected chi connectivity index (χ4v) is 3.44. The van der Waals surface area contributed by atoms with Gasteiger partial charge in [0.2, 0.25) is 0 Å². The van der Waals surface area contributed by atoms with Crippen LogP contribution in [0.25, 0.3) is 0 Å². The molecule has 0 fully saturated rings. The zero-order valence-corrected chi connectivity index (χ0v) is 16.6. The van der Waals surface area contributed by atoms with Crippen LogP contribution in [0.15, 0.2) is 71.8 Å². The number of hydrazone groups is 1. The Morgan fingerprint density at radius 3 is 2.30 bits per heavy atom. The number of anilines is 1. The lowest BCUT2D eigenvalue weighted by Gasteiger charge is -2.17. The van der Waals surface area contributed by atoms with Crippen molar-refractivity contribution in [2.45, 2.75) is 13.1 Å². The monoisotopic (exact) mass is 419 g/mol. The fourth-order valence-electron chi connectivity index (χ4n) is 3.31. The van der Waals surface area contributed by atoms with E-state index in [2.05, 4.69) is 15.4 Å². The molecule has 0 aliphatic carbocycles. The normalized spacial score (nSPS) is 12.8. The molecule has 1 aliphatic heterocycles. The van der Waals surface area contributed by atoms with Gasteiger partial charge < -0.3 is 10.0 Å². The maximum atomic E-state index is 12.4. The topological polar surface area (TPSA) is 82.0 Å². The highest BCUT2D eigenvalue weighted by atomic mass is 35.5. The Morgan fingerprint density at radius 1 is 0.933 bits per heavy atom. The molecule has 1 aliphatic rings. The second-order valence-corrected chi connectivity index (χ2v) is 7.38. The number of halogens is 1. The Kier molecular flexibility index (Phi) is 5.50. The third kappa shape index (κ3) is 4.34. The standard InChI is InChI=1S/C23H18ClN3O3/c24-20-7-9-21(10-8-20)27-13-18-6-5-17(11-19(18)14-27)22(28)26-25-12-15-1-3-16(4-2-15)23(29)30/h1-12H,13-14H2,(H,26,28)(H,29,30)/b25-12+. The van der Waals surface area contributed by atoms with Gasteiger partial charge in [-0.05, 0) is 65.2 Å². The molecular formula is C23H18ClN3O3. The molecule has 150 valence electrons. The molecule has 0 spiro atoms. The first-order valence-electron chi connectivity index (χ1n) is 9.29. The lowest BCUT2D eigenvalue weighted by molar-refractivity contribution is 0.0696. The van der Waals surface area contributed by atoms with Gasteiger partial charge in [-0.15, -0.1) is 0 Å². The van der Waals surface area contributed by atoms with Gasteiger partial charge >= 0.3 is 5.97 Å². The number of nitrogens with one attached hydrogen (secondary N) is 1. The molecule has 4 rings (SSSR count). The van der Waals surface area contributed by atoms with E-state index in [1.54, 1.807) is 18.2 Å². The first kappa shape index (κ1) is 19.7. The van der Waals surface area contributed by atoms with Crippen LogP contribution in [0.2, 0.25) is 5.02 Å². The summed E-state index contributed by atoms with van der Waals surface area (Å²) < 4.78 is 0. The molecule has 7 heteroatoms. The van der Waals surface area contributed by atoms with Gasteiger partial charge in [-0.25, -0.2) is 10.2 Å². The maximum Gasteiger partial charge on any atom is 0.335 e. The van der Waals surface area contributed by atoms with Crippen molar-refractivity contribution < 1.29 is 14.7 Å². The molecule has 30 heavy (non-hydrogen) atoms. The molecule has 0 radical (unpaired) electrons. The number of rotatable bonds is 5. The lowest BCUT2D eigenvalue weighted by atomic mass is 10.1. The van der Waals surface area contributed by atoms with Crippen LogP contribution in [0.3, 0.4) is 0 Å². The van der Waals surface area contributed by atoms with Gasteiger partial charge in [-0.1, -0.05) is 29.8 Å². The van der Waals surface area contributed by atoms with Crippen LogP contribution in [0.1, 0.15) is 37.4 Å². The number of hydrogen-bond donors (Lipinski definition) is 2. The summed E-state index contributed by atoms with van der Waals surface area (Å²) in [6.45, 7) is 1.50. The van der Waals surface area contributed by atoms with Crippen LogP contribution in [0.4, 0.5) is 5.69 Å². The summed E-state index contributed by atoms with van der Waals surface area (Å²) in [4.78, 5) is 25.5. The van der Waals surface area contributed by atoms with E-state index in [0.29, 0.717) is 16.1 Å². The maximum absolute atomic E-state index is 12.4. The van der Waals surface area contributed by atoms with Crippen molar-refractivity contribution in [2.24, 2.45) is 5.10 Å². The first-order valence-corrected chi connectivity index (χ1v) is 9.66. The van der Waals surface area contributed by atoms with Crippen molar-refractivity contribution in [2.75, 3.05) is 4.90 Å². The molecule has 2 N–H and O–H groups in total. The zero-order chi connectivity index (χ0) is 21.1. The number of carboxylic acids is 1. The minimum absolute atomic E-state index is 0.196. The van der Waals surface area contributed by atoms with Crippen molar-refractivity contribution in [3.63, 3.8) is 0 Å². The minimum atomic E-state index is -0.988. The summed E-state index contributed by atoms with van der Waals surface area (Å²) >= 11 is 5.97. The van der Waals surface area contributed by atoms with E-state index < -0.39 is 5.97 Å². The van der Waals surface area contributed by atoms with Gasteiger partial charge in [0.25, 0.3) is 5.91 Å². The predicted molar refractivity (Wildman–Crippen MR) is 116 cm³/mol. The van der Waals surface area contributed by atoms with Gasteiger partial charge in [0.05, 0.1) is 11.8 Å². The zero-order valence-electron chi connectivity index (χ0n) is 15.9. The minimum Gasteiger partial charge on any atom is -0.478 e. The van der Waals surface area contributed by atoms with Crippen molar-refractivity contribution in [3.05, 3.63) is 99.6 Å². The number of fused-ring (bicyclic) bond motifs is 1. The van der Waals surface area contributed by atoms with Gasteiger partial charge in [0.1, 0.15) is 0 Å². The van der Waals surface area contributed by atoms with Crippen LogP contribution >= 0.6 is 11.6 Å². The van der Waals surface area contributed by atoms with Crippen molar-refractivity contribution in [1.82, 2.24) is 5.43 Å². The summed E-state index contributed by atoms with van der Waals surface area (Å²) in [6, 6.07) is 19.6. The SMILES string of the molecule is O=C(O)c1ccc(/C=N/NC(=O)c2ccc3c(c2)CN(c2ccc(Cl)cc2)C3)cc1. The number of benzene rings is 3. The number of carbonyl (C=O) groups is 2. The van der Waals surface area contributed by atoms with Crippen molar-refractivity contribution >= 4 is 35.4 Å². The Bertz CT molecular complexity index is 1130. The second kappa shape index (κ2) is 8.39. The predicted octanol–water partition coefficient (Wildman–Crippen LogP) is 4.32. The molecule has 3 aromatic rings. The van der Waals surface area contributed by atoms with E-state index in [1.165, 1.54) is 23.9 Å². The van der Waals surface area contributed by atoms with Gasteiger partial charge in [-0.3, -0.25) is 4.79 Å². The van der Waals surface area contributed by atoms with Crippen LogP contribution in [0.5, 0.6) is 0 Å². The summed E-state index contributed by atoms with van der Waals surface area (Å²) in [5, 5.41) is 13.6. The lowest BCUT2D eigenvalue weighted by Crippen LogP contribution is -2.18. The fraction of sp³-hybridized carbons (Fsp3) is 0.0870. The number of amides is 1. The van der Waals surface area contributed by atoms with Crippen LogP contribution in [0, 0.1) is 0 Å². The van der Waals surface area contributed by atoms with Gasteiger partial charge in [0.15, 0.2) is 0 Å². The summed E-state index contributed by atoms with van der Waals surface area (Å²) in [7, 11) is 0. The van der Waals surface area contributed by atoms with E-state index in [-0.39, 0.29) is 11.5 Å². The first-order chi connectivity index (χ1) is 14.5. The largest absolute Gasteiger partial charge is 0.478 e. The number of nitrogens with zero attached hydrogens (tertiary/aromatic N) is 2. The molecule has 1 heterocycles. The van der Waals surface area contributed by atoms with Crippen molar-refractivity contribution in [1.29, 1.82) is 0 Å². The average Bonchev–Trinajstić information content (AvgIpc) is 3.18. The molecule has 1 amide bonds. The number of carbonyl (C=O) groups excluding carboxylic acids is 1. The molecule has 0 saturated heterocycles. The van der Waals surface area contributed by atoms with Crippen LogP contribution in [-0.2, 0) is 13.1 Å². The smallest absolute Gasteiger partial charge is 0.335 e. The highest BCUT2D eigenvalue weighted by Crippen LogP contribution is 2.29. The Morgan fingerprint density at radius 2 is 1.60 bits per heavy atom. The van der Waals surface area contributed by atoms with E-state index in [0.717, 1.165) is 24.3 Å². The molecule has 3 aromatic carbocycles. The quantitative estimate of drug-likeness (QED) is 0.476. The summed E-state index contributed by atoms with van der Waals surface area (Å²) in [6.07, 6.45) is 1.47. The third-order valence-corrected chi connectivity index (χ3v) is 5.17. The van der Waals surface area contributed by atoms with E-state index in [1.807, 2.05) is 36.4 Å². The highest BCUT2D eigenvalue weighted by Gasteiger charge is 2.20. The number of aromatic carboxylic acids is 1. The third-order valence-electron chi connectivity index (χ3n) is 4.92. The molecule has 0 atom stereocenters. The average molecular weight is 420 g/mol. The van der Waals surface area contributed by atoms with Crippen LogP contribution in [-0.4, -0.2) is 23.2 Å². The second-order valence-electron chi connectivity index (χ2n) is 6.94. The van der Waals surface area contributed by atoms with E-state index >= 15 is 0 Å². The van der Waals surface area contributed by atoms with Crippen LogP contribution < -0.4 is 10.3 Å². The Labute approximate surface area is 178 Å². The number of hydrogen-bond acceptors (Lipinski definition) is 4. The summed E-state index contributed by atoms with van der Waals surface area (Å²) in [5.74, 6) is -1.29. The summed E-state index contributed by atoms with van der Waals surface area (Å²) in [5.41, 5.74) is 7.30. The molecule has 0 bridgehead atoms. The van der Waals surface area contributed by atoms with Gasteiger partial charge in [0, 0.05) is 29.4 Å².